The number of amides is 1. The Balaban J connectivity index is 2.13. The van der Waals surface area contributed by atoms with Gasteiger partial charge in [0.2, 0.25) is 0 Å². The van der Waals surface area contributed by atoms with E-state index in [1.807, 2.05) is 6.92 Å². The summed E-state index contributed by atoms with van der Waals surface area (Å²) in [5.41, 5.74) is 5.61. The van der Waals surface area contributed by atoms with Gasteiger partial charge in [0.1, 0.15) is 0 Å². The summed E-state index contributed by atoms with van der Waals surface area (Å²) in [5.74, 6) is -0.212. The second-order valence-corrected chi connectivity index (χ2v) is 4.45. The average molecular weight is 224 g/mol. The van der Waals surface area contributed by atoms with E-state index in [1.165, 1.54) is 0 Å². The molecule has 16 heavy (non-hydrogen) atoms. The zero-order valence-corrected chi connectivity index (χ0v) is 9.47. The van der Waals surface area contributed by atoms with Crippen molar-refractivity contribution in [2.75, 3.05) is 18.8 Å². The number of hydrogen-bond donors (Lipinski definition) is 2. The van der Waals surface area contributed by atoms with E-state index in [4.69, 9.17) is 5.73 Å². The largest absolute Gasteiger partial charge is 0.396 e. The third-order valence-corrected chi connectivity index (χ3v) is 2.67. The molecule has 0 saturated carbocycles. The van der Waals surface area contributed by atoms with Crippen molar-refractivity contribution in [3.63, 3.8) is 0 Å². The smallest absolute Gasteiger partial charge is 0.276 e. The lowest BCUT2D eigenvalue weighted by molar-refractivity contribution is -0.0670. The molecule has 1 saturated heterocycles. The molecule has 0 aromatic carbocycles. The Bertz CT molecular complexity index is 416. The van der Waals surface area contributed by atoms with E-state index in [0.29, 0.717) is 25.3 Å². The molecule has 0 aliphatic carbocycles. The van der Waals surface area contributed by atoms with Gasteiger partial charge in [0.05, 0.1) is 24.4 Å². The van der Waals surface area contributed by atoms with Crippen LogP contribution >= 0.6 is 0 Å². The van der Waals surface area contributed by atoms with Crippen LogP contribution in [0.5, 0.6) is 0 Å². The molecule has 3 N–H and O–H groups in total. The van der Waals surface area contributed by atoms with Crippen molar-refractivity contribution < 1.29 is 9.90 Å². The number of aliphatic hydroxyl groups is 1. The van der Waals surface area contributed by atoms with Crippen molar-refractivity contribution in [3.05, 3.63) is 11.9 Å². The van der Waals surface area contributed by atoms with Crippen LogP contribution in [0.25, 0.3) is 0 Å². The van der Waals surface area contributed by atoms with E-state index in [9.17, 15) is 9.90 Å². The van der Waals surface area contributed by atoms with Gasteiger partial charge in [0.15, 0.2) is 5.69 Å². The molecule has 0 radical (unpaired) electrons. The molecular weight excluding hydrogens is 208 g/mol. The highest BCUT2D eigenvalue weighted by Gasteiger charge is 2.40. The summed E-state index contributed by atoms with van der Waals surface area (Å²) in [6.07, 6.45) is 1.64. The Labute approximate surface area is 93.6 Å². The Kier molecular flexibility index (Phi) is 2.38. The van der Waals surface area contributed by atoms with Gasteiger partial charge in [-0.15, -0.1) is 0 Å². The Hall–Kier alpha value is -1.56. The van der Waals surface area contributed by atoms with E-state index in [0.717, 1.165) is 0 Å². The Morgan fingerprint density at radius 1 is 1.69 bits per heavy atom. The van der Waals surface area contributed by atoms with E-state index in [1.54, 1.807) is 22.7 Å². The number of rotatable bonds is 2. The molecule has 1 aliphatic rings. The van der Waals surface area contributed by atoms with Crippen molar-refractivity contribution >= 4 is 11.6 Å². The Morgan fingerprint density at radius 2 is 2.31 bits per heavy atom. The number of aryl methyl sites for hydroxylation is 1. The van der Waals surface area contributed by atoms with Crippen LogP contribution in [0.15, 0.2) is 6.20 Å². The molecule has 0 bridgehead atoms. The summed E-state index contributed by atoms with van der Waals surface area (Å²) in [7, 11) is 0. The van der Waals surface area contributed by atoms with Crippen molar-refractivity contribution in [3.8, 4) is 0 Å². The summed E-state index contributed by atoms with van der Waals surface area (Å²) in [4.78, 5) is 13.5. The van der Waals surface area contributed by atoms with E-state index < -0.39 is 5.60 Å². The number of carbonyl (C=O) groups is 1. The second-order valence-electron chi connectivity index (χ2n) is 4.45. The average Bonchev–Trinajstić information content (AvgIpc) is 2.55. The van der Waals surface area contributed by atoms with Crippen molar-refractivity contribution in [1.82, 2.24) is 14.7 Å². The molecule has 0 spiro atoms. The van der Waals surface area contributed by atoms with Gasteiger partial charge in [-0.1, -0.05) is 0 Å². The first-order valence-corrected chi connectivity index (χ1v) is 5.27. The second kappa shape index (κ2) is 3.48. The molecule has 6 heteroatoms. The number of β-amino-alcohol motifs (C(OH)–C–C–N with tert-alkyl or cyclic N) is 1. The minimum Gasteiger partial charge on any atom is -0.396 e. The molecule has 6 nitrogen and oxygen atoms in total. The highest BCUT2D eigenvalue weighted by molar-refractivity contribution is 5.97. The van der Waals surface area contributed by atoms with Crippen LogP contribution in [-0.2, 0) is 6.54 Å². The fourth-order valence-corrected chi connectivity index (χ4v) is 1.83. The maximum absolute atomic E-state index is 11.9. The topological polar surface area (TPSA) is 84.4 Å². The number of hydrogen-bond acceptors (Lipinski definition) is 4. The van der Waals surface area contributed by atoms with Crippen LogP contribution in [0.3, 0.4) is 0 Å². The lowest BCUT2D eigenvalue weighted by Crippen LogP contribution is -2.61. The Morgan fingerprint density at radius 3 is 2.75 bits per heavy atom. The van der Waals surface area contributed by atoms with Gasteiger partial charge >= 0.3 is 0 Å². The van der Waals surface area contributed by atoms with Crippen molar-refractivity contribution in [2.45, 2.75) is 26.0 Å². The number of anilines is 1. The van der Waals surface area contributed by atoms with Crippen LogP contribution in [0.2, 0.25) is 0 Å². The third-order valence-electron chi connectivity index (χ3n) is 2.67. The summed E-state index contributed by atoms with van der Waals surface area (Å²) in [6, 6.07) is 0. The minimum atomic E-state index is -0.766. The lowest BCUT2D eigenvalue weighted by Gasteiger charge is -2.43. The predicted molar refractivity (Wildman–Crippen MR) is 58.8 cm³/mol. The maximum Gasteiger partial charge on any atom is 0.276 e. The van der Waals surface area contributed by atoms with Gasteiger partial charge in [0, 0.05) is 12.7 Å². The highest BCUT2D eigenvalue weighted by atomic mass is 16.3. The zero-order chi connectivity index (χ0) is 11.9. The lowest BCUT2D eigenvalue weighted by atomic mass is 9.96. The fourth-order valence-electron chi connectivity index (χ4n) is 1.83. The molecule has 0 unspecified atom stereocenters. The van der Waals surface area contributed by atoms with Crippen molar-refractivity contribution in [1.29, 1.82) is 0 Å². The molecule has 1 aliphatic heterocycles. The van der Waals surface area contributed by atoms with Crippen LogP contribution < -0.4 is 5.73 Å². The molecule has 2 rings (SSSR count). The standard InChI is InChI=1S/C10H16N4O2/c1-3-14-4-7(11)8(12-14)9(15)13-5-10(2,16)6-13/h4,16H,3,5-6,11H2,1-2H3. The third kappa shape index (κ3) is 1.76. The number of nitrogen functional groups attached to an aromatic ring is 1. The van der Waals surface area contributed by atoms with Gasteiger partial charge in [-0.05, 0) is 13.8 Å². The van der Waals surface area contributed by atoms with Gasteiger partial charge in [0.25, 0.3) is 5.91 Å². The SMILES string of the molecule is CCn1cc(N)c(C(=O)N2CC(C)(O)C2)n1. The quantitative estimate of drug-likeness (QED) is 0.721. The van der Waals surface area contributed by atoms with E-state index >= 15 is 0 Å². The van der Waals surface area contributed by atoms with Crippen molar-refractivity contribution in [2.24, 2.45) is 0 Å². The summed E-state index contributed by atoms with van der Waals surface area (Å²) >= 11 is 0. The minimum absolute atomic E-state index is 0.212. The van der Waals surface area contributed by atoms with Crippen LogP contribution in [0, 0.1) is 0 Å². The summed E-state index contributed by atoms with van der Waals surface area (Å²) in [5, 5.41) is 13.6. The van der Waals surface area contributed by atoms with E-state index in [2.05, 4.69) is 5.10 Å². The summed E-state index contributed by atoms with van der Waals surface area (Å²) in [6.45, 7) is 4.98. The number of aromatic nitrogens is 2. The predicted octanol–water partition coefficient (Wildman–Crippen LogP) is -0.308. The van der Waals surface area contributed by atoms with E-state index in [-0.39, 0.29) is 11.6 Å². The number of nitrogens with two attached hydrogens (primary N) is 1. The molecule has 1 amide bonds. The normalized spacial score (nSPS) is 18.3. The first-order valence-electron chi connectivity index (χ1n) is 5.27. The van der Waals surface area contributed by atoms with Gasteiger partial charge in [-0.25, -0.2) is 0 Å². The molecule has 0 atom stereocenters. The number of likely N-dealkylation sites (tertiary alicyclic amines) is 1. The molecule has 1 aromatic heterocycles. The molecule has 2 heterocycles. The monoisotopic (exact) mass is 224 g/mol. The van der Waals surface area contributed by atoms with Crippen LogP contribution in [0.4, 0.5) is 5.69 Å². The molecule has 88 valence electrons. The molecule has 1 aromatic rings. The highest BCUT2D eigenvalue weighted by Crippen LogP contribution is 2.23. The van der Waals surface area contributed by atoms with Crippen LogP contribution in [-0.4, -0.2) is 44.4 Å². The summed E-state index contributed by atoms with van der Waals surface area (Å²) < 4.78 is 1.63. The zero-order valence-electron chi connectivity index (χ0n) is 9.47. The van der Waals surface area contributed by atoms with Gasteiger partial charge < -0.3 is 15.7 Å². The first-order chi connectivity index (χ1) is 7.43. The molecule has 1 fully saturated rings. The van der Waals surface area contributed by atoms with Gasteiger partial charge in [-0.3, -0.25) is 9.48 Å². The number of nitrogens with zero attached hydrogens (tertiary/aromatic N) is 3. The van der Waals surface area contributed by atoms with Gasteiger partial charge in [-0.2, -0.15) is 5.10 Å². The first kappa shape index (κ1) is 10.9. The molecular formula is C10H16N4O2. The number of carbonyl (C=O) groups excluding carboxylic acids is 1. The van der Waals surface area contributed by atoms with Crippen LogP contribution in [0.1, 0.15) is 24.3 Å². The fraction of sp³-hybridized carbons (Fsp3) is 0.600. The maximum atomic E-state index is 11.9.